The Hall–Kier alpha value is -1.21. The van der Waals surface area contributed by atoms with Crippen molar-refractivity contribution in [1.29, 1.82) is 0 Å². The van der Waals surface area contributed by atoms with E-state index < -0.39 is 5.97 Å². The number of benzene rings is 1. The van der Waals surface area contributed by atoms with Gasteiger partial charge in [-0.15, -0.1) is 0 Å². The second kappa shape index (κ2) is 5.66. The topological polar surface area (TPSA) is 63.7 Å². The van der Waals surface area contributed by atoms with Crippen LogP contribution in [-0.2, 0) is 14.3 Å². The lowest BCUT2D eigenvalue weighted by molar-refractivity contribution is -0.123. The zero-order valence-electron chi connectivity index (χ0n) is 12.8. The maximum atomic E-state index is 12.9. The van der Waals surface area contributed by atoms with E-state index in [1.807, 2.05) is 0 Å². The van der Waals surface area contributed by atoms with Crippen LogP contribution in [0.15, 0.2) is 24.3 Å². The van der Waals surface area contributed by atoms with Crippen molar-refractivity contribution in [3.05, 3.63) is 29.8 Å². The van der Waals surface area contributed by atoms with Gasteiger partial charge in [-0.1, -0.05) is 37.9 Å². The number of hydrogen-bond donors (Lipinski definition) is 0. The molecule has 3 fully saturated rings. The molecule has 0 N–H and O–H groups in total. The van der Waals surface area contributed by atoms with E-state index in [0.29, 0.717) is 11.3 Å². The monoisotopic (exact) mass is 455 g/mol. The molecule has 1 aromatic rings. The van der Waals surface area contributed by atoms with E-state index in [-0.39, 0.29) is 45.1 Å². The summed E-state index contributed by atoms with van der Waals surface area (Å²) in [5.41, 5.74) is 0.770. The van der Waals surface area contributed by atoms with Gasteiger partial charge in [0, 0.05) is 9.65 Å². The maximum Gasteiger partial charge on any atom is 0.337 e. The Bertz CT molecular complexity index is 720. The molecule has 2 amide bonds. The van der Waals surface area contributed by atoms with Gasteiger partial charge in [-0.3, -0.25) is 14.5 Å². The number of nitrogens with zero attached hydrogens (tertiary/aromatic N) is 1. The summed E-state index contributed by atoms with van der Waals surface area (Å²) in [5, 5.41) is 0. The van der Waals surface area contributed by atoms with Crippen LogP contribution in [0.1, 0.15) is 16.8 Å². The zero-order valence-corrected chi connectivity index (χ0v) is 16.0. The number of esters is 1. The van der Waals surface area contributed by atoms with Crippen LogP contribution in [0.4, 0.5) is 5.69 Å². The van der Waals surface area contributed by atoms with Crippen LogP contribution < -0.4 is 4.90 Å². The highest BCUT2D eigenvalue weighted by Gasteiger charge is 2.66. The lowest BCUT2D eigenvalue weighted by Gasteiger charge is -2.28. The minimum atomic E-state index is -0.489. The van der Waals surface area contributed by atoms with E-state index in [1.54, 1.807) is 24.3 Å². The molecule has 3 aliphatic rings. The summed E-state index contributed by atoms with van der Waals surface area (Å²) in [5.74, 6) is -0.960. The van der Waals surface area contributed by atoms with Crippen molar-refractivity contribution in [2.45, 2.75) is 16.1 Å². The third kappa shape index (κ3) is 2.07. The van der Waals surface area contributed by atoms with Crippen molar-refractivity contribution in [3.63, 3.8) is 0 Å². The van der Waals surface area contributed by atoms with Crippen LogP contribution in [0.25, 0.3) is 0 Å². The van der Waals surface area contributed by atoms with E-state index in [2.05, 4.69) is 31.9 Å². The molecular formula is C17H15Br2NO4. The van der Waals surface area contributed by atoms with Crippen LogP contribution in [0.2, 0.25) is 0 Å². The van der Waals surface area contributed by atoms with E-state index in [9.17, 15) is 14.4 Å². The van der Waals surface area contributed by atoms with Crippen molar-refractivity contribution in [3.8, 4) is 0 Å². The normalized spacial score (nSPS) is 37.0. The molecule has 5 nitrogen and oxygen atoms in total. The molecule has 1 aromatic carbocycles. The van der Waals surface area contributed by atoms with Gasteiger partial charge in [0.1, 0.15) is 0 Å². The smallest absolute Gasteiger partial charge is 0.337 e. The average molecular weight is 457 g/mol. The van der Waals surface area contributed by atoms with Gasteiger partial charge >= 0.3 is 5.97 Å². The number of anilines is 1. The molecule has 2 aliphatic carbocycles. The Balaban J connectivity index is 1.70. The summed E-state index contributed by atoms with van der Waals surface area (Å²) in [4.78, 5) is 39.3. The number of ether oxygens (including phenoxy) is 1. The first kappa shape index (κ1) is 16.3. The molecule has 4 rings (SSSR count). The summed E-state index contributed by atoms with van der Waals surface area (Å²) >= 11 is 7.34. The second-order valence-corrected chi connectivity index (χ2v) is 8.67. The molecule has 7 heteroatoms. The van der Waals surface area contributed by atoms with Crippen LogP contribution in [0.5, 0.6) is 0 Å². The number of fused-ring (bicyclic) bond motifs is 5. The summed E-state index contributed by atoms with van der Waals surface area (Å²) in [6.45, 7) is 0. The fraction of sp³-hybridized carbons (Fsp3) is 0.471. The molecule has 1 heterocycles. The van der Waals surface area contributed by atoms with Crippen molar-refractivity contribution in [1.82, 2.24) is 0 Å². The lowest BCUT2D eigenvalue weighted by atomic mass is 9.81. The molecule has 24 heavy (non-hydrogen) atoms. The summed E-state index contributed by atoms with van der Waals surface area (Å²) in [6, 6.07) is 6.49. The van der Waals surface area contributed by atoms with Crippen LogP contribution in [-0.4, -0.2) is 34.5 Å². The quantitative estimate of drug-likeness (QED) is 0.390. The number of methoxy groups -OCH3 is 1. The minimum absolute atomic E-state index is 0.150. The zero-order chi connectivity index (χ0) is 17.2. The number of amides is 2. The first-order valence-electron chi connectivity index (χ1n) is 7.80. The van der Waals surface area contributed by atoms with Crippen molar-refractivity contribution in [2.75, 3.05) is 12.0 Å². The standard InChI is InChI=1S/C17H15Br2NO4/c1-24-17(23)7-3-2-4-8(5-7)20-15(21)11-9-6-10(12(11)16(20)22)14(19)13(9)18/h2-5,9-14H,6H2,1H3/t9-,10-,11-,12+,13+,14+/m1/s1. The number of hydrogen-bond acceptors (Lipinski definition) is 4. The van der Waals surface area contributed by atoms with Gasteiger partial charge in [0.2, 0.25) is 11.8 Å². The largest absolute Gasteiger partial charge is 0.465 e. The molecule has 0 radical (unpaired) electrons. The van der Waals surface area contributed by atoms with Gasteiger partial charge in [0.25, 0.3) is 0 Å². The van der Waals surface area contributed by atoms with Gasteiger partial charge in [-0.05, 0) is 36.5 Å². The molecule has 0 spiro atoms. The van der Waals surface area contributed by atoms with Gasteiger partial charge in [0.05, 0.1) is 30.2 Å². The Labute approximate surface area is 156 Å². The third-order valence-corrected chi connectivity index (χ3v) is 8.72. The maximum absolute atomic E-state index is 12.9. The molecule has 126 valence electrons. The van der Waals surface area contributed by atoms with Gasteiger partial charge in [0.15, 0.2) is 0 Å². The number of carbonyl (C=O) groups excluding carboxylic acids is 3. The SMILES string of the molecule is COC(=O)c1cccc(N2C(=O)[C@@H]3[C@H]4C[C@@H]([C@H](Br)[C@H]4Br)[C@@H]3C2=O)c1. The van der Waals surface area contributed by atoms with Gasteiger partial charge in [-0.2, -0.15) is 0 Å². The molecule has 1 aliphatic heterocycles. The fourth-order valence-electron chi connectivity index (χ4n) is 4.49. The predicted molar refractivity (Wildman–Crippen MR) is 94.3 cm³/mol. The number of halogens is 2. The molecule has 6 atom stereocenters. The van der Waals surface area contributed by atoms with Crippen LogP contribution in [0, 0.1) is 23.7 Å². The summed E-state index contributed by atoms with van der Waals surface area (Å²) in [6.07, 6.45) is 0.898. The Morgan fingerprint density at radius 1 is 1.12 bits per heavy atom. The van der Waals surface area contributed by atoms with Crippen molar-refractivity contribution in [2.24, 2.45) is 23.7 Å². The van der Waals surface area contributed by atoms with Gasteiger partial charge < -0.3 is 4.74 Å². The highest BCUT2D eigenvalue weighted by Crippen LogP contribution is 2.60. The van der Waals surface area contributed by atoms with Crippen molar-refractivity contribution >= 4 is 55.3 Å². The average Bonchev–Trinajstić information content (AvgIpc) is 3.19. The Kier molecular flexibility index (Phi) is 3.84. The number of rotatable bonds is 2. The molecule has 0 unspecified atom stereocenters. The van der Waals surface area contributed by atoms with E-state index in [0.717, 1.165) is 6.42 Å². The highest BCUT2D eigenvalue weighted by molar-refractivity contribution is 9.12. The summed E-state index contributed by atoms with van der Waals surface area (Å²) in [7, 11) is 1.30. The second-order valence-electron chi connectivity index (χ2n) is 6.56. The minimum Gasteiger partial charge on any atom is -0.465 e. The number of carbonyl (C=O) groups is 3. The molecule has 1 saturated heterocycles. The summed E-state index contributed by atoms with van der Waals surface area (Å²) < 4.78 is 4.71. The highest BCUT2D eigenvalue weighted by atomic mass is 79.9. The van der Waals surface area contributed by atoms with Gasteiger partial charge in [-0.25, -0.2) is 4.79 Å². The van der Waals surface area contributed by atoms with E-state index in [4.69, 9.17) is 4.74 Å². The first-order valence-corrected chi connectivity index (χ1v) is 9.63. The molecule has 2 saturated carbocycles. The lowest BCUT2D eigenvalue weighted by Crippen LogP contribution is -2.37. The molecule has 2 bridgehead atoms. The third-order valence-electron chi connectivity index (χ3n) is 5.51. The Morgan fingerprint density at radius 2 is 1.71 bits per heavy atom. The number of alkyl halides is 2. The molecule has 0 aromatic heterocycles. The molecular weight excluding hydrogens is 442 g/mol. The fourth-order valence-corrected chi connectivity index (χ4v) is 6.37. The van der Waals surface area contributed by atoms with E-state index in [1.165, 1.54) is 12.0 Å². The number of imide groups is 1. The van der Waals surface area contributed by atoms with Crippen molar-refractivity contribution < 1.29 is 19.1 Å². The van der Waals surface area contributed by atoms with Crippen LogP contribution >= 0.6 is 31.9 Å². The van der Waals surface area contributed by atoms with Crippen LogP contribution in [0.3, 0.4) is 0 Å². The first-order chi connectivity index (χ1) is 11.5. The predicted octanol–water partition coefficient (Wildman–Crippen LogP) is 2.76. The Morgan fingerprint density at radius 3 is 2.25 bits per heavy atom. The van der Waals surface area contributed by atoms with E-state index >= 15 is 0 Å².